The Morgan fingerprint density at radius 1 is 1.41 bits per heavy atom. The van der Waals surface area contributed by atoms with E-state index in [9.17, 15) is 14.9 Å². The molecule has 17 heavy (non-hydrogen) atoms. The standard InChI is InChI=1S/C11H9NO5/c1-6(13)9-3-7-4-11(16-2)8(12(14)15)5-10(7)17-9/h3-5H,1-2H3. The second kappa shape index (κ2) is 3.89. The fourth-order valence-corrected chi connectivity index (χ4v) is 1.53. The zero-order chi connectivity index (χ0) is 12.6. The molecule has 2 rings (SSSR count). The fraction of sp³-hybridized carbons (Fsp3) is 0.182. The van der Waals surface area contributed by atoms with Crippen LogP contribution < -0.4 is 4.74 Å². The van der Waals surface area contributed by atoms with E-state index in [0.29, 0.717) is 11.0 Å². The van der Waals surface area contributed by atoms with Gasteiger partial charge in [-0.05, 0) is 12.1 Å². The van der Waals surface area contributed by atoms with E-state index in [1.807, 2.05) is 0 Å². The molecule has 0 amide bonds. The van der Waals surface area contributed by atoms with Crippen LogP contribution in [0.1, 0.15) is 17.5 Å². The third-order valence-electron chi connectivity index (χ3n) is 2.36. The number of hydrogen-bond acceptors (Lipinski definition) is 5. The van der Waals surface area contributed by atoms with Gasteiger partial charge in [-0.1, -0.05) is 0 Å². The Hall–Kier alpha value is -2.37. The number of fused-ring (bicyclic) bond motifs is 1. The Bertz CT molecular complexity index is 614. The molecule has 0 atom stereocenters. The smallest absolute Gasteiger partial charge is 0.314 e. The summed E-state index contributed by atoms with van der Waals surface area (Å²) < 4.78 is 10.1. The molecule has 0 fully saturated rings. The average molecular weight is 235 g/mol. The number of nitro groups is 1. The number of rotatable bonds is 3. The zero-order valence-corrected chi connectivity index (χ0v) is 9.22. The molecule has 1 aromatic heterocycles. The number of ether oxygens (including phenoxy) is 1. The SMILES string of the molecule is COc1cc2cc(C(C)=O)oc2cc1[N+](=O)[O-]. The number of carbonyl (C=O) groups is 1. The summed E-state index contributed by atoms with van der Waals surface area (Å²) in [5.74, 6) is 0.0729. The van der Waals surface area contributed by atoms with Gasteiger partial charge in [0.1, 0.15) is 5.58 Å². The zero-order valence-electron chi connectivity index (χ0n) is 9.22. The lowest BCUT2D eigenvalue weighted by Gasteiger charge is -2.00. The average Bonchev–Trinajstić information content (AvgIpc) is 2.69. The Kier molecular flexibility index (Phi) is 2.55. The lowest BCUT2D eigenvalue weighted by molar-refractivity contribution is -0.385. The highest BCUT2D eigenvalue weighted by atomic mass is 16.6. The maximum Gasteiger partial charge on any atom is 0.314 e. The Morgan fingerprint density at radius 2 is 2.12 bits per heavy atom. The second-order valence-corrected chi connectivity index (χ2v) is 3.49. The van der Waals surface area contributed by atoms with Crippen molar-refractivity contribution in [3.8, 4) is 5.75 Å². The van der Waals surface area contributed by atoms with E-state index < -0.39 is 4.92 Å². The lowest BCUT2D eigenvalue weighted by atomic mass is 10.2. The summed E-state index contributed by atoms with van der Waals surface area (Å²) in [7, 11) is 1.35. The molecule has 0 saturated carbocycles. The maximum absolute atomic E-state index is 11.1. The largest absolute Gasteiger partial charge is 0.490 e. The van der Waals surface area contributed by atoms with E-state index in [-0.39, 0.29) is 23.0 Å². The van der Waals surface area contributed by atoms with Gasteiger partial charge >= 0.3 is 5.69 Å². The van der Waals surface area contributed by atoms with Crippen molar-refractivity contribution in [3.05, 3.63) is 34.1 Å². The summed E-state index contributed by atoms with van der Waals surface area (Å²) in [5.41, 5.74) is 0.104. The molecule has 1 aromatic carbocycles. The summed E-state index contributed by atoms with van der Waals surface area (Å²) in [5, 5.41) is 11.4. The van der Waals surface area contributed by atoms with E-state index in [1.54, 1.807) is 0 Å². The van der Waals surface area contributed by atoms with Crippen LogP contribution in [0.25, 0.3) is 11.0 Å². The van der Waals surface area contributed by atoms with Crippen LogP contribution in [0.5, 0.6) is 5.75 Å². The summed E-state index contributed by atoms with van der Waals surface area (Å²) in [6, 6.07) is 4.26. The van der Waals surface area contributed by atoms with Crippen LogP contribution in [0.2, 0.25) is 0 Å². The van der Waals surface area contributed by atoms with Crippen LogP contribution in [0, 0.1) is 10.1 Å². The quantitative estimate of drug-likeness (QED) is 0.463. The van der Waals surface area contributed by atoms with E-state index in [4.69, 9.17) is 9.15 Å². The molecule has 1 heterocycles. The number of carbonyl (C=O) groups excluding carboxylic acids is 1. The highest BCUT2D eigenvalue weighted by molar-refractivity contribution is 5.96. The van der Waals surface area contributed by atoms with Gasteiger partial charge in [0.05, 0.1) is 18.1 Å². The van der Waals surface area contributed by atoms with Crippen molar-refractivity contribution >= 4 is 22.4 Å². The molecule has 0 saturated heterocycles. The number of furan rings is 1. The molecule has 6 heteroatoms. The van der Waals surface area contributed by atoms with Gasteiger partial charge in [0.15, 0.2) is 17.3 Å². The molecular formula is C11H9NO5. The van der Waals surface area contributed by atoms with Crippen molar-refractivity contribution in [1.29, 1.82) is 0 Å². The first-order valence-electron chi connectivity index (χ1n) is 4.80. The van der Waals surface area contributed by atoms with Gasteiger partial charge in [-0.15, -0.1) is 0 Å². The first kappa shape index (κ1) is 11.1. The first-order valence-corrected chi connectivity index (χ1v) is 4.80. The van der Waals surface area contributed by atoms with Crippen molar-refractivity contribution in [3.63, 3.8) is 0 Å². The molecule has 0 N–H and O–H groups in total. The molecule has 0 radical (unpaired) electrons. The summed E-state index contributed by atoms with van der Waals surface area (Å²) in [6.07, 6.45) is 0. The van der Waals surface area contributed by atoms with Crippen molar-refractivity contribution in [2.24, 2.45) is 0 Å². The fourth-order valence-electron chi connectivity index (χ4n) is 1.53. The van der Waals surface area contributed by atoms with Gasteiger partial charge in [-0.3, -0.25) is 14.9 Å². The molecular weight excluding hydrogens is 226 g/mol. The predicted octanol–water partition coefficient (Wildman–Crippen LogP) is 2.55. The number of Topliss-reactive ketones (excluding diaryl/α,β-unsaturated/α-hetero) is 1. The van der Waals surface area contributed by atoms with Gasteiger partial charge in [-0.2, -0.15) is 0 Å². The monoisotopic (exact) mass is 235 g/mol. The first-order chi connectivity index (χ1) is 8.02. The van der Waals surface area contributed by atoms with Crippen molar-refractivity contribution in [2.75, 3.05) is 7.11 Å². The van der Waals surface area contributed by atoms with Crippen LogP contribution in [0.15, 0.2) is 22.6 Å². The highest BCUT2D eigenvalue weighted by Gasteiger charge is 2.19. The number of ketones is 1. The Morgan fingerprint density at radius 3 is 2.65 bits per heavy atom. The molecule has 88 valence electrons. The number of methoxy groups -OCH3 is 1. The van der Waals surface area contributed by atoms with Gasteiger partial charge in [-0.25, -0.2) is 0 Å². The third kappa shape index (κ3) is 1.84. The summed E-state index contributed by atoms with van der Waals surface area (Å²) >= 11 is 0. The molecule has 0 aliphatic rings. The maximum atomic E-state index is 11.1. The Labute approximate surface area is 95.9 Å². The van der Waals surface area contributed by atoms with Gasteiger partial charge in [0.25, 0.3) is 0 Å². The van der Waals surface area contributed by atoms with E-state index in [2.05, 4.69) is 0 Å². The number of nitrogens with zero attached hydrogens (tertiary/aromatic N) is 1. The normalized spacial score (nSPS) is 10.5. The molecule has 0 spiro atoms. The van der Waals surface area contributed by atoms with Crippen molar-refractivity contribution < 1.29 is 18.9 Å². The van der Waals surface area contributed by atoms with E-state index >= 15 is 0 Å². The van der Waals surface area contributed by atoms with Crippen LogP contribution in [0.3, 0.4) is 0 Å². The molecule has 2 aromatic rings. The third-order valence-corrected chi connectivity index (χ3v) is 2.36. The lowest BCUT2D eigenvalue weighted by Crippen LogP contribution is -1.92. The Balaban J connectivity index is 2.70. The topological polar surface area (TPSA) is 82.6 Å². The van der Waals surface area contributed by atoms with Crippen LogP contribution >= 0.6 is 0 Å². The number of benzene rings is 1. The van der Waals surface area contributed by atoms with Gasteiger partial charge < -0.3 is 9.15 Å². The molecule has 0 bridgehead atoms. The minimum Gasteiger partial charge on any atom is -0.490 e. The molecule has 0 unspecified atom stereocenters. The van der Waals surface area contributed by atoms with Crippen molar-refractivity contribution in [1.82, 2.24) is 0 Å². The highest BCUT2D eigenvalue weighted by Crippen LogP contribution is 2.33. The summed E-state index contributed by atoms with van der Waals surface area (Å²) in [6.45, 7) is 1.36. The van der Waals surface area contributed by atoms with Crippen LogP contribution in [-0.2, 0) is 0 Å². The number of hydrogen-bond donors (Lipinski definition) is 0. The van der Waals surface area contributed by atoms with E-state index in [1.165, 1.54) is 32.2 Å². The minimum absolute atomic E-state index is 0.137. The predicted molar refractivity (Wildman–Crippen MR) is 59.4 cm³/mol. The van der Waals surface area contributed by atoms with Crippen LogP contribution in [0.4, 0.5) is 5.69 Å². The molecule has 6 nitrogen and oxygen atoms in total. The second-order valence-electron chi connectivity index (χ2n) is 3.49. The van der Waals surface area contributed by atoms with Gasteiger partial charge in [0, 0.05) is 12.3 Å². The van der Waals surface area contributed by atoms with E-state index in [0.717, 1.165) is 0 Å². The van der Waals surface area contributed by atoms with Crippen molar-refractivity contribution in [2.45, 2.75) is 6.92 Å². The minimum atomic E-state index is -0.561. The van der Waals surface area contributed by atoms with Crippen LogP contribution in [-0.4, -0.2) is 17.8 Å². The molecule has 0 aliphatic carbocycles. The summed E-state index contributed by atoms with van der Waals surface area (Å²) in [4.78, 5) is 21.4. The molecule has 0 aliphatic heterocycles. The number of nitro benzene ring substituents is 1. The van der Waals surface area contributed by atoms with Gasteiger partial charge in [0.2, 0.25) is 0 Å².